The second kappa shape index (κ2) is 6.88. The molecule has 2 rings (SSSR count). The predicted octanol–water partition coefficient (Wildman–Crippen LogP) is 3.89. The van der Waals surface area contributed by atoms with Crippen molar-refractivity contribution >= 4 is 5.69 Å². The highest BCUT2D eigenvalue weighted by Gasteiger charge is 2.10. The summed E-state index contributed by atoms with van der Waals surface area (Å²) in [5.41, 5.74) is 2.17. The maximum atomic E-state index is 5.34. The molecule has 0 aliphatic heterocycles. The monoisotopic (exact) mass is 287 g/mol. The molecule has 0 aromatic heterocycles. The molecule has 0 saturated heterocycles. The van der Waals surface area contributed by atoms with E-state index in [1.54, 1.807) is 21.3 Å². The van der Waals surface area contributed by atoms with Crippen LogP contribution in [0.25, 0.3) is 0 Å². The molecule has 1 N–H and O–H groups in total. The quantitative estimate of drug-likeness (QED) is 0.875. The minimum atomic E-state index is 0.151. The number of hydrogen-bond acceptors (Lipinski definition) is 4. The van der Waals surface area contributed by atoms with Crippen molar-refractivity contribution in [3.05, 3.63) is 48.0 Å². The lowest BCUT2D eigenvalue weighted by molar-refractivity contribution is 0.354. The van der Waals surface area contributed by atoms with Crippen molar-refractivity contribution in [2.75, 3.05) is 26.6 Å². The number of hydrogen-bond donors (Lipinski definition) is 1. The molecule has 1 atom stereocenters. The summed E-state index contributed by atoms with van der Waals surface area (Å²) < 4.78 is 15.8. The van der Waals surface area contributed by atoms with Crippen molar-refractivity contribution in [1.82, 2.24) is 0 Å². The van der Waals surface area contributed by atoms with Gasteiger partial charge in [0.2, 0.25) is 0 Å². The molecule has 0 saturated carbocycles. The van der Waals surface area contributed by atoms with Crippen LogP contribution in [0.4, 0.5) is 5.69 Å². The molecule has 0 fully saturated rings. The molecule has 0 radical (unpaired) electrons. The van der Waals surface area contributed by atoms with Gasteiger partial charge in [-0.15, -0.1) is 0 Å². The summed E-state index contributed by atoms with van der Waals surface area (Å²) in [4.78, 5) is 0. The Morgan fingerprint density at radius 2 is 1.48 bits per heavy atom. The molecule has 0 unspecified atom stereocenters. The Morgan fingerprint density at radius 1 is 0.810 bits per heavy atom. The molecule has 0 amide bonds. The van der Waals surface area contributed by atoms with Crippen LogP contribution in [0.15, 0.2) is 42.5 Å². The normalized spacial score (nSPS) is 11.6. The van der Waals surface area contributed by atoms with Crippen LogP contribution in [-0.4, -0.2) is 21.3 Å². The van der Waals surface area contributed by atoms with Gasteiger partial charge in [-0.3, -0.25) is 0 Å². The largest absolute Gasteiger partial charge is 0.497 e. The van der Waals surface area contributed by atoms with Crippen LogP contribution in [0.1, 0.15) is 18.5 Å². The Labute approximate surface area is 125 Å². The van der Waals surface area contributed by atoms with E-state index in [1.165, 1.54) is 0 Å². The summed E-state index contributed by atoms with van der Waals surface area (Å²) in [5, 5.41) is 3.45. The van der Waals surface area contributed by atoms with E-state index in [0.29, 0.717) is 0 Å². The lowest BCUT2D eigenvalue weighted by Gasteiger charge is -2.17. The first kappa shape index (κ1) is 15.0. The second-order valence-corrected chi connectivity index (χ2v) is 4.71. The smallest absolute Gasteiger partial charge is 0.161 e. The topological polar surface area (TPSA) is 39.7 Å². The molecule has 2 aromatic rings. The van der Waals surface area contributed by atoms with E-state index in [4.69, 9.17) is 14.2 Å². The van der Waals surface area contributed by atoms with Crippen LogP contribution < -0.4 is 19.5 Å². The van der Waals surface area contributed by atoms with Gasteiger partial charge in [0.05, 0.1) is 21.3 Å². The average Bonchev–Trinajstić information content (AvgIpc) is 2.54. The lowest BCUT2D eigenvalue weighted by Crippen LogP contribution is -2.07. The number of ether oxygens (including phenoxy) is 3. The van der Waals surface area contributed by atoms with Gasteiger partial charge in [-0.2, -0.15) is 0 Å². The van der Waals surface area contributed by atoms with E-state index in [1.807, 2.05) is 42.5 Å². The molecule has 21 heavy (non-hydrogen) atoms. The van der Waals surface area contributed by atoms with Gasteiger partial charge in [-0.1, -0.05) is 6.07 Å². The number of benzene rings is 2. The van der Waals surface area contributed by atoms with Gasteiger partial charge in [0.15, 0.2) is 11.5 Å². The third kappa shape index (κ3) is 3.60. The molecule has 4 nitrogen and oxygen atoms in total. The highest BCUT2D eigenvalue weighted by molar-refractivity contribution is 5.50. The zero-order valence-corrected chi connectivity index (χ0v) is 12.8. The number of nitrogens with one attached hydrogen (secondary N) is 1. The zero-order valence-electron chi connectivity index (χ0n) is 12.8. The fraction of sp³-hybridized carbons (Fsp3) is 0.294. The molecular weight excluding hydrogens is 266 g/mol. The molecule has 112 valence electrons. The Kier molecular flexibility index (Phi) is 4.93. The first-order valence-corrected chi connectivity index (χ1v) is 6.80. The zero-order chi connectivity index (χ0) is 15.2. The summed E-state index contributed by atoms with van der Waals surface area (Å²) >= 11 is 0. The SMILES string of the molecule is COc1ccc(N[C@@H](C)c2ccc(OC)c(OC)c2)cc1. The molecule has 0 spiro atoms. The van der Waals surface area contributed by atoms with E-state index in [0.717, 1.165) is 28.5 Å². The Balaban J connectivity index is 2.13. The predicted molar refractivity (Wildman–Crippen MR) is 84.6 cm³/mol. The van der Waals surface area contributed by atoms with Crippen LogP contribution in [0.3, 0.4) is 0 Å². The third-order valence-corrected chi connectivity index (χ3v) is 3.38. The third-order valence-electron chi connectivity index (χ3n) is 3.38. The maximum absolute atomic E-state index is 5.34. The maximum Gasteiger partial charge on any atom is 0.161 e. The van der Waals surface area contributed by atoms with Crippen LogP contribution in [0.5, 0.6) is 17.2 Å². The standard InChI is InChI=1S/C17H21NO3/c1-12(18-14-6-8-15(19-2)9-7-14)13-5-10-16(20-3)17(11-13)21-4/h5-12,18H,1-4H3/t12-/m0/s1. The lowest BCUT2D eigenvalue weighted by atomic mass is 10.1. The van der Waals surface area contributed by atoms with Crippen LogP contribution >= 0.6 is 0 Å². The molecule has 0 bridgehead atoms. The Hall–Kier alpha value is -2.36. The van der Waals surface area contributed by atoms with Crippen molar-refractivity contribution < 1.29 is 14.2 Å². The molecule has 0 heterocycles. The van der Waals surface area contributed by atoms with Crippen molar-refractivity contribution in [3.8, 4) is 17.2 Å². The summed E-state index contributed by atoms with van der Waals surface area (Å²) in [5.74, 6) is 2.32. The summed E-state index contributed by atoms with van der Waals surface area (Å²) in [6.07, 6.45) is 0. The van der Waals surface area contributed by atoms with Gasteiger partial charge in [0.25, 0.3) is 0 Å². The van der Waals surface area contributed by atoms with Crippen molar-refractivity contribution in [1.29, 1.82) is 0 Å². The minimum absolute atomic E-state index is 0.151. The Morgan fingerprint density at radius 3 is 2.05 bits per heavy atom. The van der Waals surface area contributed by atoms with Gasteiger partial charge < -0.3 is 19.5 Å². The average molecular weight is 287 g/mol. The van der Waals surface area contributed by atoms with Gasteiger partial charge in [0, 0.05) is 11.7 Å². The molecular formula is C17H21NO3. The number of rotatable bonds is 6. The van der Waals surface area contributed by atoms with Crippen LogP contribution in [0.2, 0.25) is 0 Å². The van der Waals surface area contributed by atoms with Crippen LogP contribution in [0, 0.1) is 0 Å². The fourth-order valence-electron chi connectivity index (χ4n) is 2.14. The van der Waals surface area contributed by atoms with Gasteiger partial charge in [-0.25, -0.2) is 0 Å². The number of methoxy groups -OCH3 is 3. The highest BCUT2D eigenvalue weighted by atomic mass is 16.5. The molecule has 2 aromatic carbocycles. The molecule has 0 aliphatic carbocycles. The minimum Gasteiger partial charge on any atom is -0.497 e. The van der Waals surface area contributed by atoms with E-state index in [9.17, 15) is 0 Å². The van der Waals surface area contributed by atoms with Crippen molar-refractivity contribution in [2.45, 2.75) is 13.0 Å². The first-order valence-electron chi connectivity index (χ1n) is 6.80. The van der Waals surface area contributed by atoms with Gasteiger partial charge in [-0.05, 0) is 48.9 Å². The molecule has 4 heteroatoms. The van der Waals surface area contributed by atoms with E-state index < -0.39 is 0 Å². The van der Waals surface area contributed by atoms with Crippen molar-refractivity contribution in [3.63, 3.8) is 0 Å². The van der Waals surface area contributed by atoms with E-state index in [2.05, 4.69) is 12.2 Å². The summed E-state index contributed by atoms with van der Waals surface area (Å²) in [7, 11) is 4.94. The summed E-state index contributed by atoms with van der Waals surface area (Å²) in [6.45, 7) is 2.10. The molecule has 0 aliphatic rings. The van der Waals surface area contributed by atoms with E-state index >= 15 is 0 Å². The first-order chi connectivity index (χ1) is 10.2. The summed E-state index contributed by atoms with van der Waals surface area (Å²) in [6, 6.07) is 13.9. The van der Waals surface area contributed by atoms with Gasteiger partial charge in [0.1, 0.15) is 5.75 Å². The van der Waals surface area contributed by atoms with E-state index in [-0.39, 0.29) is 6.04 Å². The Bertz CT molecular complexity index is 581. The highest BCUT2D eigenvalue weighted by Crippen LogP contribution is 2.31. The number of anilines is 1. The van der Waals surface area contributed by atoms with Crippen LogP contribution in [-0.2, 0) is 0 Å². The van der Waals surface area contributed by atoms with Gasteiger partial charge >= 0.3 is 0 Å². The van der Waals surface area contributed by atoms with Crippen molar-refractivity contribution in [2.24, 2.45) is 0 Å². The fourth-order valence-corrected chi connectivity index (χ4v) is 2.14. The second-order valence-electron chi connectivity index (χ2n) is 4.71.